The lowest BCUT2D eigenvalue weighted by atomic mass is 10.1. The van der Waals surface area contributed by atoms with E-state index < -0.39 is 5.91 Å². The average Bonchev–Trinajstić information content (AvgIpc) is 2.71. The molecule has 2 rings (SSSR count). The van der Waals surface area contributed by atoms with E-state index in [2.05, 4.69) is 44.1 Å². The van der Waals surface area contributed by atoms with Crippen LogP contribution in [0.4, 0.5) is 5.69 Å². The molecule has 2 aromatic carbocycles. The molecule has 0 unspecified atom stereocenters. The smallest absolute Gasteiger partial charge is 0.266 e. The van der Waals surface area contributed by atoms with E-state index in [9.17, 15) is 10.1 Å². The average molecular weight is 534 g/mol. The van der Waals surface area contributed by atoms with Gasteiger partial charge < -0.3 is 10.1 Å². The number of aryl methyl sites for hydroxylation is 1. The molecule has 0 atom stereocenters. The highest BCUT2D eigenvalue weighted by atomic mass is 79.9. The minimum Gasteiger partial charge on any atom is -0.491 e. The molecule has 0 saturated heterocycles. The van der Waals surface area contributed by atoms with Crippen LogP contribution in [-0.4, -0.2) is 12.5 Å². The largest absolute Gasteiger partial charge is 0.491 e. The van der Waals surface area contributed by atoms with Crippen LogP contribution < -0.4 is 10.1 Å². The second-order valence-corrected chi connectivity index (χ2v) is 8.80. The van der Waals surface area contributed by atoms with Crippen molar-refractivity contribution in [3.05, 3.63) is 61.5 Å². The van der Waals surface area contributed by atoms with Crippen molar-refractivity contribution in [1.82, 2.24) is 0 Å². The van der Waals surface area contributed by atoms with Crippen LogP contribution in [0.15, 0.2) is 44.9 Å². The summed E-state index contributed by atoms with van der Waals surface area (Å²) < 4.78 is 7.43. The maximum atomic E-state index is 12.6. The Kier molecular flexibility index (Phi) is 9.61. The van der Waals surface area contributed by atoms with Crippen molar-refractivity contribution >= 4 is 49.5 Å². The van der Waals surface area contributed by atoms with Gasteiger partial charge in [-0.25, -0.2) is 0 Å². The molecule has 1 N–H and O–H groups in total. The van der Waals surface area contributed by atoms with Gasteiger partial charge in [0, 0.05) is 5.69 Å². The molecular formula is C24H26Br2N2O2. The van der Waals surface area contributed by atoms with Gasteiger partial charge in [-0.15, -0.1) is 0 Å². The molecule has 0 radical (unpaired) electrons. The number of amides is 1. The van der Waals surface area contributed by atoms with E-state index in [1.165, 1.54) is 12.8 Å². The van der Waals surface area contributed by atoms with Gasteiger partial charge in [0.2, 0.25) is 0 Å². The van der Waals surface area contributed by atoms with Crippen molar-refractivity contribution in [1.29, 1.82) is 5.26 Å². The van der Waals surface area contributed by atoms with Gasteiger partial charge in [-0.2, -0.15) is 5.26 Å². The number of carbonyl (C=O) groups is 1. The number of nitrogens with zero attached hydrogens (tertiary/aromatic N) is 1. The van der Waals surface area contributed by atoms with E-state index in [0.29, 0.717) is 12.3 Å². The van der Waals surface area contributed by atoms with Crippen molar-refractivity contribution in [2.75, 3.05) is 11.9 Å². The summed E-state index contributed by atoms with van der Waals surface area (Å²) in [6, 6.07) is 11.4. The SMILES string of the molecule is CCCCCCOc1c(Br)cc(/C=C(/C#N)C(=O)Nc2cccc(C)c2C)cc1Br. The Morgan fingerprint density at radius 3 is 2.50 bits per heavy atom. The molecule has 0 aliphatic rings. The lowest BCUT2D eigenvalue weighted by Gasteiger charge is -2.12. The Labute approximate surface area is 195 Å². The number of rotatable bonds is 9. The van der Waals surface area contributed by atoms with Crippen molar-refractivity contribution in [3.63, 3.8) is 0 Å². The van der Waals surface area contributed by atoms with Crippen LogP contribution in [0.25, 0.3) is 6.08 Å². The molecular weight excluding hydrogens is 508 g/mol. The van der Waals surface area contributed by atoms with Gasteiger partial charge in [0.1, 0.15) is 17.4 Å². The number of hydrogen-bond acceptors (Lipinski definition) is 3. The summed E-state index contributed by atoms with van der Waals surface area (Å²) in [5, 5.41) is 12.3. The van der Waals surface area contributed by atoms with Crippen LogP contribution in [0, 0.1) is 25.2 Å². The minimum absolute atomic E-state index is 0.0305. The predicted octanol–water partition coefficient (Wildman–Crippen LogP) is 7.33. The summed E-state index contributed by atoms with van der Waals surface area (Å²) in [5.74, 6) is 0.289. The molecule has 0 aliphatic carbocycles. The lowest BCUT2D eigenvalue weighted by Crippen LogP contribution is -2.14. The van der Waals surface area contributed by atoms with Crippen molar-refractivity contribution in [3.8, 4) is 11.8 Å². The topological polar surface area (TPSA) is 62.1 Å². The van der Waals surface area contributed by atoms with Gasteiger partial charge in [0.05, 0.1) is 15.6 Å². The Morgan fingerprint density at radius 1 is 1.17 bits per heavy atom. The number of nitriles is 1. The van der Waals surface area contributed by atoms with Crippen LogP contribution >= 0.6 is 31.9 Å². The van der Waals surface area contributed by atoms with Crippen molar-refractivity contribution in [2.24, 2.45) is 0 Å². The van der Waals surface area contributed by atoms with Crippen molar-refractivity contribution in [2.45, 2.75) is 46.5 Å². The van der Waals surface area contributed by atoms with Crippen molar-refractivity contribution < 1.29 is 9.53 Å². The third-order valence-electron chi connectivity index (χ3n) is 4.79. The zero-order valence-electron chi connectivity index (χ0n) is 17.5. The van der Waals surface area contributed by atoms with E-state index in [1.807, 2.05) is 50.2 Å². The Balaban J connectivity index is 2.16. The zero-order chi connectivity index (χ0) is 22.1. The first-order chi connectivity index (χ1) is 14.4. The van der Waals surface area contributed by atoms with E-state index in [4.69, 9.17) is 4.74 Å². The monoisotopic (exact) mass is 532 g/mol. The van der Waals surface area contributed by atoms with Crippen LogP contribution in [0.3, 0.4) is 0 Å². The van der Waals surface area contributed by atoms with E-state index >= 15 is 0 Å². The standard InChI is InChI=1S/C24H26Br2N2O2/c1-4-5-6-7-11-30-23-20(25)13-18(14-21(23)26)12-19(15-27)24(29)28-22-10-8-9-16(2)17(22)3/h8-10,12-14H,4-7,11H2,1-3H3,(H,28,29)/b19-12-. The van der Waals surface area contributed by atoms with E-state index in [-0.39, 0.29) is 5.57 Å². The van der Waals surface area contributed by atoms with Crippen LogP contribution in [-0.2, 0) is 4.79 Å². The second-order valence-electron chi connectivity index (χ2n) is 7.09. The Morgan fingerprint density at radius 2 is 1.87 bits per heavy atom. The first-order valence-corrected chi connectivity index (χ1v) is 11.6. The summed E-state index contributed by atoms with van der Waals surface area (Å²) in [4.78, 5) is 12.6. The fourth-order valence-electron chi connectivity index (χ4n) is 2.90. The molecule has 4 nitrogen and oxygen atoms in total. The third kappa shape index (κ3) is 6.72. The fourth-order valence-corrected chi connectivity index (χ4v) is 4.35. The van der Waals surface area contributed by atoms with Gasteiger partial charge in [-0.1, -0.05) is 38.3 Å². The van der Waals surface area contributed by atoms with Gasteiger partial charge in [0.15, 0.2) is 0 Å². The molecule has 0 aliphatic heterocycles. The number of ether oxygens (including phenoxy) is 1. The number of nitrogens with one attached hydrogen (secondary N) is 1. The van der Waals surface area contributed by atoms with Gasteiger partial charge >= 0.3 is 0 Å². The van der Waals surface area contributed by atoms with E-state index in [0.717, 1.165) is 44.2 Å². The Bertz CT molecular complexity index is 955. The zero-order valence-corrected chi connectivity index (χ0v) is 20.7. The summed E-state index contributed by atoms with van der Waals surface area (Å²) in [6.45, 7) is 6.75. The highest BCUT2D eigenvalue weighted by Crippen LogP contribution is 2.35. The highest BCUT2D eigenvalue weighted by molar-refractivity contribution is 9.11. The molecule has 2 aromatic rings. The Hall–Kier alpha value is -2.10. The van der Waals surface area contributed by atoms with Gasteiger partial charge in [-0.3, -0.25) is 4.79 Å². The molecule has 0 fully saturated rings. The summed E-state index contributed by atoms with van der Waals surface area (Å²) in [6.07, 6.45) is 6.11. The molecule has 0 saturated carbocycles. The first-order valence-electron chi connectivity index (χ1n) is 9.98. The number of anilines is 1. The molecule has 30 heavy (non-hydrogen) atoms. The van der Waals surface area contributed by atoms with E-state index in [1.54, 1.807) is 6.08 Å². The molecule has 0 heterocycles. The number of halogens is 2. The molecule has 158 valence electrons. The highest BCUT2D eigenvalue weighted by Gasteiger charge is 2.13. The number of carbonyl (C=O) groups excluding carboxylic acids is 1. The van der Waals surface area contributed by atoms with Gasteiger partial charge in [-0.05, 0) is 93.1 Å². The molecule has 1 amide bonds. The maximum absolute atomic E-state index is 12.6. The third-order valence-corrected chi connectivity index (χ3v) is 5.97. The first kappa shape index (κ1) is 24.2. The fraction of sp³-hybridized carbons (Fsp3) is 0.333. The maximum Gasteiger partial charge on any atom is 0.266 e. The lowest BCUT2D eigenvalue weighted by molar-refractivity contribution is -0.112. The summed E-state index contributed by atoms with van der Waals surface area (Å²) in [7, 11) is 0. The van der Waals surface area contributed by atoms with Crippen LogP contribution in [0.5, 0.6) is 5.75 Å². The number of hydrogen-bond donors (Lipinski definition) is 1. The quantitative estimate of drug-likeness (QED) is 0.208. The normalized spacial score (nSPS) is 11.1. The van der Waals surface area contributed by atoms with Gasteiger partial charge in [0.25, 0.3) is 5.91 Å². The molecule has 0 aromatic heterocycles. The number of unbranched alkanes of at least 4 members (excludes halogenated alkanes) is 3. The van der Waals surface area contributed by atoms with Crippen LogP contribution in [0.2, 0.25) is 0 Å². The summed E-state index contributed by atoms with van der Waals surface area (Å²) >= 11 is 7.07. The number of benzene rings is 2. The van der Waals surface area contributed by atoms with Crippen LogP contribution in [0.1, 0.15) is 49.3 Å². The molecule has 0 spiro atoms. The molecule has 0 bridgehead atoms. The molecule has 6 heteroatoms. The summed E-state index contributed by atoms with van der Waals surface area (Å²) in [5.41, 5.74) is 3.51. The second kappa shape index (κ2) is 11.9. The minimum atomic E-state index is -0.435. The predicted molar refractivity (Wildman–Crippen MR) is 130 cm³/mol.